The number of hydrogen-bond acceptors (Lipinski definition) is 4. The molecule has 1 aromatic heterocycles. The van der Waals surface area contributed by atoms with Gasteiger partial charge in [0, 0.05) is 49.4 Å². The number of carbonyl (C=O) groups excluding carboxylic acids is 1. The number of amides is 2. The zero-order valence-electron chi connectivity index (χ0n) is 18.9. The van der Waals surface area contributed by atoms with Gasteiger partial charge in [0.2, 0.25) is 0 Å². The quantitative estimate of drug-likeness (QED) is 0.610. The number of aryl methyl sites for hydroxylation is 1. The highest BCUT2D eigenvalue weighted by Crippen LogP contribution is 2.35. The molecule has 3 rings (SSSR count). The Kier molecular flexibility index (Phi) is 6.89. The number of likely N-dealkylation sites (tertiary alicyclic amines) is 1. The highest BCUT2D eigenvalue weighted by Gasteiger charge is 2.38. The molecule has 31 heavy (non-hydrogen) atoms. The van der Waals surface area contributed by atoms with Crippen LogP contribution in [0.4, 0.5) is 4.79 Å². The van der Waals surface area contributed by atoms with Gasteiger partial charge in [-0.2, -0.15) is 5.10 Å². The fourth-order valence-electron chi connectivity index (χ4n) is 4.52. The van der Waals surface area contributed by atoms with Gasteiger partial charge in [-0.25, -0.2) is 4.79 Å². The SMILES string of the molecule is Cc1c(C(=O)NCCCO)ccc2nn(CC3CCN(C(=O)O)C(C(C)(C)C)C3)cc12. The summed E-state index contributed by atoms with van der Waals surface area (Å²) >= 11 is 0. The van der Waals surface area contributed by atoms with E-state index in [9.17, 15) is 14.7 Å². The molecule has 0 saturated carbocycles. The largest absolute Gasteiger partial charge is 0.465 e. The maximum Gasteiger partial charge on any atom is 0.407 e. The van der Waals surface area contributed by atoms with Gasteiger partial charge in [0.1, 0.15) is 0 Å². The van der Waals surface area contributed by atoms with Gasteiger partial charge >= 0.3 is 6.09 Å². The molecule has 2 amide bonds. The van der Waals surface area contributed by atoms with Crippen LogP contribution in [0.5, 0.6) is 0 Å². The Morgan fingerprint density at radius 2 is 2.03 bits per heavy atom. The van der Waals surface area contributed by atoms with E-state index < -0.39 is 6.09 Å². The first-order chi connectivity index (χ1) is 14.6. The molecule has 1 fully saturated rings. The number of nitrogens with zero attached hydrogens (tertiary/aromatic N) is 3. The molecule has 1 saturated heterocycles. The predicted octanol–water partition coefficient (Wildman–Crippen LogP) is 3.26. The van der Waals surface area contributed by atoms with Crippen LogP contribution in [0.15, 0.2) is 18.3 Å². The minimum absolute atomic E-state index is 0.0234. The molecule has 170 valence electrons. The van der Waals surface area contributed by atoms with Gasteiger partial charge in [0.25, 0.3) is 5.91 Å². The van der Waals surface area contributed by atoms with E-state index in [4.69, 9.17) is 10.2 Å². The summed E-state index contributed by atoms with van der Waals surface area (Å²) in [6.45, 7) is 9.96. The number of carbonyl (C=O) groups is 2. The van der Waals surface area contributed by atoms with E-state index in [-0.39, 0.29) is 24.0 Å². The summed E-state index contributed by atoms with van der Waals surface area (Å²) in [5, 5.41) is 27.0. The number of hydrogen-bond donors (Lipinski definition) is 3. The second-order valence-electron chi connectivity index (χ2n) is 9.60. The lowest BCUT2D eigenvalue weighted by Crippen LogP contribution is -2.52. The van der Waals surface area contributed by atoms with Gasteiger partial charge in [0.15, 0.2) is 0 Å². The Labute approximate surface area is 183 Å². The van der Waals surface area contributed by atoms with Crippen LogP contribution < -0.4 is 5.32 Å². The smallest absolute Gasteiger partial charge is 0.407 e. The van der Waals surface area contributed by atoms with Crippen molar-refractivity contribution in [1.82, 2.24) is 20.0 Å². The van der Waals surface area contributed by atoms with Crippen LogP contribution >= 0.6 is 0 Å². The second kappa shape index (κ2) is 9.26. The Balaban J connectivity index is 1.76. The van der Waals surface area contributed by atoms with E-state index in [1.54, 1.807) is 11.0 Å². The molecule has 0 radical (unpaired) electrons. The molecule has 1 aromatic carbocycles. The first kappa shape index (κ1) is 23.1. The van der Waals surface area contributed by atoms with E-state index in [0.29, 0.717) is 31.0 Å². The summed E-state index contributed by atoms with van der Waals surface area (Å²) in [4.78, 5) is 25.7. The van der Waals surface area contributed by atoms with Gasteiger partial charge in [-0.1, -0.05) is 20.8 Å². The molecule has 2 atom stereocenters. The molecule has 3 N–H and O–H groups in total. The lowest BCUT2D eigenvalue weighted by Gasteiger charge is -2.44. The third-order valence-electron chi connectivity index (χ3n) is 6.27. The molecule has 2 aromatic rings. The summed E-state index contributed by atoms with van der Waals surface area (Å²) in [5.41, 5.74) is 2.23. The van der Waals surface area contributed by atoms with Crippen LogP contribution in [0.25, 0.3) is 10.9 Å². The standard InChI is InChI=1S/C23H34N4O4/c1-15-17(21(29)24-9-5-11-28)6-7-19-18(15)14-26(25-19)13-16-8-10-27(22(30)31)20(12-16)23(2,3)4/h6-7,14,16,20,28H,5,8-13H2,1-4H3,(H,24,29)(H,30,31). The number of nitrogens with one attached hydrogen (secondary N) is 1. The fraction of sp³-hybridized carbons (Fsp3) is 0.609. The number of aliphatic hydroxyl groups is 1. The lowest BCUT2D eigenvalue weighted by molar-refractivity contribution is 0.0367. The molecule has 0 spiro atoms. The van der Waals surface area contributed by atoms with E-state index in [2.05, 4.69) is 26.1 Å². The highest BCUT2D eigenvalue weighted by molar-refractivity contribution is 6.00. The van der Waals surface area contributed by atoms with E-state index in [1.165, 1.54) is 0 Å². The van der Waals surface area contributed by atoms with Crippen molar-refractivity contribution in [3.05, 3.63) is 29.5 Å². The summed E-state index contributed by atoms with van der Waals surface area (Å²) in [6, 6.07) is 3.64. The number of benzene rings is 1. The van der Waals surface area contributed by atoms with Crippen molar-refractivity contribution in [2.45, 2.75) is 59.5 Å². The van der Waals surface area contributed by atoms with E-state index in [0.717, 1.165) is 35.9 Å². The molecular weight excluding hydrogens is 396 g/mol. The van der Waals surface area contributed by atoms with Crippen LogP contribution in [0.1, 0.15) is 56.0 Å². The molecule has 2 unspecified atom stereocenters. The number of piperidine rings is 1. The van der Waals surface area contributed by atoms with Gasteiger partial charge in [-0.05, 0) is 55.2 Å². The van der Waals surface area contributed by atoms with Crippen LogP contribution in [0.2, 0.25) is 0 Å². The lowest BCUT2D eigenvalue weighted by atomic mass is 9.77. The minimum Gasteiger partial charge on any atom is -0.465 e. The first-order valence-corrected chi connectivity index (χ1v) is 11.0. The van der Waals surface area contributed by atoms with Crippen LogP contribution in [-0.2, 0) is 6.54 Å². The van der Waals surface area contributed by atoms with Crippen molar-refractivity contribution < 1.29 is 19.8 Å². The molecule has 0 bridgehead atoms. The topological polar surface area (TPSA) is 108 Å². The Bertz CT molecular complexity index is 947. The van der Waals surface area contributed by atoms with Gasteiger partial charge in [0.05, 0.1) is 5.52 Å². The van der Waals surface area contributed by atoms with Crippen molar-refractivity contribution in [2.24, 2.45) is 11.3 Å². The predicted molar refractivity (Wildman–Crippen MR) is 119 cm³/mol. The molecule has 0 aliphatic carbocycles. The summed E-state index contributed by atoms with van der Waals surface area (Å²) in [6.07, 6.45) is 3.30. The molecule has 8 nitrogen and oxygen atoms in total. The van der Waals surface area contributed by atoms with Crippen LogP contribution in [-0.4, -0.2) is 62.6 Å². The van der Waals surface area contributed by atoms with Gasteiger partial charge < -0.3 is 20.4 Å². The maximum atomic E-state index is 12.5. The monoisotopic (exact) mass is 430 g/mol. The van der Waals surface area contributed by atoms with Crippen LogP contribution in [0.3, 0.4) is 0 Å². The fourth-order valence-corrected chi connectivity index (χ4v) is 4.52. The number of carboxylic acid groups (broad SMARTS) is 1. The Morgan fingerprint density at radius 3 is 2.68 bits per heavy atom. The summed E-state index contributed by atoms with van der Waals surface area (Å²) in [7, 11) is 0. The van der Waals surface area contributed by atoms with Crippen LogP contribution in [0, 0.1) is 18.3 Å². The highest BCUT2D eigenvalue weighted by atomic mass is 16.4. The van der Waals surface area contributed by atoms with Crippen molar-refractivity contribution in [3.63, 3.8) is 0 Å². The summed E-state index contributed by atoms with van der Waals surface area (Å²) in [5.74, 6) is 0.199. The minimum atomic E-state index is -0.844. The first-order valence-electron chi connectivity index (χ1n) is 11.0. The molecule has 1 aliphatic heterocycles. The molecule has 2 heterocycles. The number of fused-ring (bicyclic) bond motifs is 1. The average molecular weight is 431 g/mol. The molecular formula is C23H34N4O4. The zero-order valence-corrected chi connectivity index (χ0v) is 18.9. The zero-order chi connectivity index (χ0) is 22.8. The third-order valence-corrected chi connectivity index (χ3v) is 6.27. The second-order valence-corrected chi connectivity index (χ2v) is 9.60. The van der Waals surface area contributed by atoms with Crippen molar-refractivity contribution in [2.75, 3.05) is 19.7 Å². The Hall–Kier alpha value is -2.61. The average Bonchev–Trinajstić information content (AvgIpc) is 3.11. The third kappa shape index (κ3) is 5.18. The van der Waals surface area contributed by atoms with E-state index in [1.807, 2.05) is 23.9 Å². The maximum absolute atomic E-state index is 12.5. The molecule has 1 aliphatic rings. The van der Waals surface area contributed by atoms with Gasteiger partial charge in [-0.3, -0.25) is 9.48 Å². The van der Waals surface area contributed by atoms with Crippen molar-refractivity contribution in [3.8, 4) is 0 Å². The Morgan fingerprint density at radius 1 is 1.29 bits per heavy atom. The van der Waals surface area contributed by atoms with E-state index >= 15 is 0 Å². The van der Waals surface area contributed by atoms with Crippen molar-refractivity contribution >= 4 is 22.9 Å². The number of rotatable bonds is 6. The molecule has 8 heteroatoms. The summed E-state index contributed by atoms with van der Waals surface area (Å²) < 4.78 is 1.94. The number of aromatic nitrogens is 2. The van der Waals surface area contributed by atoms with Crippen molar-refractivity contribution in [1.29, 1.82) is 0 Å². The normalized spacial score (nSPS) is 19.6. The van der Waals surface area contributed by atoms with Gasteiger partial charge in [-0.15, -0.1) is 0 Å². The number of aliphatic hydroxyl groups excluding tert-OH is 1.